The number of aromatic hydroxyl groups is 1. The number of carbonyl (C=O) groups excluding carboxylic acids is 2. The van der Waals surface area contributed by atoms with E-state index in [2.05, 4.69) is 15.5 Å². The van der Waals surface area contributed by atoms with Gasteiger partial charge < -0.3 is 20.8 Å². The van der Waals surface area contributed by atoms with Crippen molar-refractivity contribution in [2.75, 3.05) is 18.8 Å². The number of phenols is 1. The lowest BCUT2D eigenvalue weighted by atomic mass is 9.72. The van der Waals surface area contributed by atoms with Gasteiger partial charge in [-0.05, 0) is 76.6 Å². The molecule has 7 nitrogen and oxygen atoms in total. The van der Waals surface area contributed by atoms with Gasteiger partial charge in [0.25, 0.3) is 5.91 Å². The first kappa shape index (κ1) is 30.4. The summed E-state index contributed by atoms with van der Waals surface area (Å²) in [7, 11) is 0. The van der Waals surface area contributed by atoms with Crippen molar-refractivity contribution in [1.82, 2.24) is 15.5 Å². The molecule has 2 aromatic rings. The molecule has 1 saturated carbocycles. The smallest absolute Gasteiger partial charge is 0.252 e. The van der Waals surface area contributed by atoms with Crippen molar-refractivity contribution in [3.8, 4) is 5.75 Å². The van der Waals surface area contributed by atoms with Crippen LogP contribution in [0, 0.1) is 18.8 Å². The molecule has 40 heavy (non-hydrogen) atoms. The largest absolute Gasteiger partial charge is 0.508 e. The maximum absolute atomic E-state index is 13.5. The first-order valence-corrected chi connectivity index (χ1v) is 15.5. The highest BCUT2D eigenvalue weighted by Crippen LogP contribution is 2.39. The number of nitrogens with one attached hydrogen (secondary N) is 2. The first-order chi connectivity index (χ1) is 19.0. The minimum absolute atomic E-state index is 0.0124. The number of hydrogen-bond donors (Lipinski definition) is 4. The van der Waals surface area contributed by atoms with E-state index in [4.69, 9.17) is 0 Å². The first-order valence-electron chi connectivity index (χ1n) is 14.5. The minimum atomic E-state index is -0.886. The van der Waals surface area contributed by atoms with E-state index in [0.717, 1.165) is 30.7 Å². The van der Waals surface area contributed by atoms with Crippen molar-refractivity contribution >= 4 is 23.6 Å². The number of fused-ring (bicyclic) bond motifs is 1. The topological polar surface area (TPSA) is 102 Å². The van der Waals surface area contributed by atoms with Crippen molar-refractivity contribution < 1.29 is 19.8 Å². The molecule has 1 heterocycles. The molecule has 0 unspecified atom stereocenters. The number of piperidine rings is 1. The Kier molecular flexibility index (Phi) is 10.2. The monoisotopic (exact) mass is 567 g/mol. The van der Waals surface area contributed by atoms with Crippen molar-refractivity contribution in [2.24, 2.45) is 11.8 Å². The molecule has 4 rings (SSSR count). The fourth-order valence-electron chi connectivity index (χ4n) is 6.06. The number of nitrogens with zero attached hydrogens (tertiary/aromatic N) is 1. The number of thioether (sulfide) groups is 1. The van der Waals surface area contributed by atoms with Gasteiger partial charge in [-0.25, -0.2) is 0 Å². The highest BCUT2D eigenvalue weighted by Gasteiger charge is 2.41. The summed E-state index contributed by atoms with van der Waals surface area (Å²) >= 11 is 1.57. The molecule has 0 radical (unpaired) electrons. The van der Waals surface area contributed by atoms with Gasteiger partial charge in [0.1, 0.15) is 5.75 Å². The molecule has 1 aliphatic carbocycles. The fraction of sp³-hybridized carbons (Fsp3) is 0.562. The number of amides is 2. The number of aliphatic hydroxyl groups excluding tert-OH is 1. The quantitative estimate of drug-likeness (QED) is 0.327. The van der Waals surface area contributed by atoms with E-state index >= 15 is 0 Å². The van der Waals surface area contributed by atoms with Gasteiger partial charge in [0.05, 0.1) is 18.2 Å². The van der Waals surface area contributed by atoms with Crippen LogP contribution in [0.15, 0.2) is 53.4 Å². The van der Waals surface area contributed by atoms with Gasteiger partial charge in [-0.2, -0.15) is 0 Å². The molecule has 2 fully saturated rings. The minimum Gasteiger partial charge on any atom is -0.508 e. The average Bonchev–Trinajstić information content (AvgIpc) is 2.91. The highest BCUT2D eigenvalue weighted by molar-refractivity contribution is 7.99. The standard InChI is InChI=1S/C32H45N3O4S/c1-21-25(15-10-16-28(21)36)30(38)33-26(20-40-24-13-6-5-7-14-24)29(37)19-35-18-23-12-9-8-11-22(23)17-27(35)31(39)34-32(2,3)4/h5-7,10,13-16,22-23,26-27,29,36-37H,8-9,11-12,17-20H2,1-4H3,(H,33,38)(H,34,39)/t22-,23+,26-,27+,29+/m1/s1. The Morgan fingerprint density at radius 2 is 1.75 bits per heavy atom. The molecular weight excluding hydrogens is 522 g/mol. The second-order valence-corrected chi connectivity index (χ2v) is 13.6. The lowest BCUT2D eigenvalue weighted by Gasteiger charge is -2.47. The van der Waals surface area contributed by atoms with Crippen molar-refractivity contribution in [3.05, 3.63) is 59.7 Å². The number of hydrogen-bond acceptors (Lipinski definition) is 6. The maximum atomic E-state index is 13.5. The van der Waals surface area contributed by atoms with Crippen LogP contribution >= 0.6 is 11.8 Å². The van der Waals surface area contributed by atoms with E-state index in [-0.39, 0.29) is 29.1 Å². The van der Waals surface area contributed by atoms with E-state index in [1.807, 2.05) is 51.1 Å². The highest BCUT2D eigenvalue weighted by atomic mass is 32.2. The van der Waals surface area contributed by atoms with Crippen LogP contribution in [0.3, 0.4) is 0 Å². The molecule has 4 N–H and O–H groups in total. The summed E-state index contributed by atoms with van der Waals surface area (Å²) in [6, 6.07) is 13.9. The molecule has 2 aliphatic rings. The Balaban J connectivity index is 1.54. The molecule has 1 aliphatic heterocycles. The zero-order valence-corrected chi connectivity index (χ0v) is 25.0. The molecule has 0 spiro atoms. The average molecular weight is 568 g/mol. The van der Waals surface area contributed by atoms with E-state index in [1.165, 1.54) is 12.8 Å². The molecular formula is C32H45N3O4S. The molecule has 1 saturated heterocycles. The van der Waals surface area contributed by atoms with E-state index in [9.17, 15) is 19.8 Å². The van der Waals surface area contributed by atoms with Crippen molar-refractivity contribution in [3.63, 3.8) is 0 Å². The normalized spacial score (nSPS) is 23.1. The van der Waals surface area contributed by atoms with Crippen LogP contribution in [0.25, 0.3) is 0 Å². The number of phenolic OH excluding ortho intramolecular Hbond substituents is 1. The predicted molar refractivity (Wildman–Crippen MR) is 161 cm³/mol. The molecule has 0 aromatic heterocycles. The van der Waals surface area contributed by atoms with Gasteiger partial charge >= 0.3 is 0 Å². The van der Waals surface area contributed by atoms with Crippen LogP contribution in [0.5, 0.6) is 5.75 Å². The Morgan fingerprint density at radius 1 is 1.05 bits per heavy atom. The molecule has 0 bridgehead atoms. The zero-order chi connectivity index (χ0) is 28.9. The third-order valence-electron chi connectivity index (χ3n) is 8.23. The Morgan fingerprint density at radius 3 is 2.45 bits per heavy atom. The summed E-state index contributed by atoms with van der Waals surface area (Å²) < 4.78 is 0. The number of rotatable bonds is 9. The van der Waals surface area contributed by atoms with Crippen LogP contribution in [0.4, 0.5) is 0 Å². The number of benzene rings is 2. The van der Waals surface area contributed by atoms with Gasteiger partial charge in [0.15, 0.2) is 0 Å². The number of carbonyl (C=O) groups is 2. The molecule has 218 valence electrons. The SMILES string of the molecule is Cc1c(O)cccc1C(=O)N[C@H](CSc1ccccc1)[C@@H](O)CN1C[C@@H]2CCCC[C@@H]2C[C@H]1C(=O)NC(C)(C)C. The summed E-state index contributed by atoms with van der Waals surface area (Å²) in [6.45, 7) is 8.76. The van der Waals surface area contributed by atoms with E-state index in [1.54, 1.807) is 36.9 Å². The predicted octanol–water partition coefficient (Wildman–Crippen LogP) is 4.75. The number of aliphatic hydroxyl groups is 1. The fourth-order valence-corrected chi connectivity index (χ4v) is 7.09. The third kappa shape index (κ3) is 8.02. The number of likely N-dealkylation sites (tertiary alicyclic amines) is 1. The second kappa shape index (κ2) is 13.4. The van der Waals surface area contributed by atoms with Crippen molar-refractivity contribution in [2.45, 2.75) is 88.4 Å². The molecule has 8 heteroatoms. The van der Waals surface area contributed by atoms with Crippen LogP contribution in [0.2, 0.25) is 0 Å². The number of β-amino-alcohol motifs (C(OH)–C–C–N with tert-alkyl or cyclic N) is 1. The molecule has 5 atom stereocenters. The van der Waals surface area contributed by atoms with E-state index < -0.39 is 12.1 Å². The zero-order valence-electron chi connectivity index (χ0n) is 24.2. The van der Waals surface area contributed by atoms with Crippen LogP contribution in [-0.4, -0.2) is 69.5 Å². The van der Waals surface area contributed by atoms with Gasteiger partial charge in [-0.15, -0.1) is 11.8 Å². The van der Waals surface area contributed by atoms with Crippen molar-refractivity contribution in [1.29, 1.82) is 0 Å². The summed E-state index contributed by atoms with van der Waals surface area (Å²) in [4.78, 5) is 30.0. The third-order valence-corrected chi connectivity index (χ3v) is 9.36. The van der Waals surface area contributed by atoms with Gasteiger partial charge in [0.2, 0.25) is 5.91 Å². The lowest BCUT2D eigenvalue weighted by molar-refractivity contribution is -0.132. The van der Waals surface area contributed by atoms with Crippen LogP contribution in [0.1, 0.15) is 68.8 Å². The van der Waals surface area contributed by atoms with Gasteiger partial charge in [-0.3, -0.25) is 14.5 Å². The summed E-state index contributed by atoms with van der Waals surface area (Å²) in [5.74, 6) is 1.27. The molecule has 2 aromatic carbocycles. The van der Waals surface area contributed by atoms with Gasteiger partial charge in [-0.1, -0.05) is 43.5 Å². The summed E-state index contributed by atoms with van der Waals surface area (Å²) in [6.07, 6.45) is 4.67. The summed E-state index contributed by atoms with van der Waals surface area (Å²) in [5, 5.41) is 28.0. The van der Waals surface area contributed by atoms with E-state index in [0.29, 0.717) is 35.3 Å². The Labute approximate surface area is 243 Å². The second-order valence-electron chi connectivity index (χ2n) is 12.5. The lowest BCUT2D eigenvalue weighted by Crippen LogP contribution is -2.60. The van der Waals surface area contributed by atoms with Gasteiger partial charge in [0, 0.05) is 40.4 Å². The Hall–Kier alpha value is -2.55. The van der Waals surface area contributed by atoms with Crippen LogP contribution < -0.4 is 10.6 Å². The summed E-state index contributed by atoms with van der Waals surface area (Å²) in [5.41, 5.74) is 0.543. The van der Waals surface area contributed by atoms with Crippen LogP contribution in [-0.2, 0) is 4.79 Å². The Bertz CT molecular complexity index is 1150. The maximum Gasteiger partial charge on any atom is 0.252 e. The molecule has 2 amide bonds.